The van der Waals surface area contributed by atoms with E-state index in [1.807, 2.05) is 42.5 Å². The molecule has 4 rings (SSSR count). The molecule has 0 saturated carbocycles. The van der Waals surface area contributed by atoms with Crippen molar-refractivity contribution in [2.45, 2.75) is 6.04 Å². The third-order valence-electron chi connectivity index (χ3n) is 5.62. The van der Waals surface area contributed by atoms with Crippen LogP contribution in [0.5, 0.6) is 0 Å². The van der Waals surface area contributed by atoms with Crippen molar-refractivity contribution in [2.75, 3.05) is 32.7 Å². The predicted molar refractivity (Wildman–Crippen MR) is 133 cm³/mol. The van der Waals surface area contributed by atoms with E-state index in [4.69, 9.17) is 0 Å². The van der Waals surface area contributed by atoms with Crippen molar-refractivity contribution in [1.82, 2.24) is 9.80 Å². The van der Waals surface area contributed by atoms with E-state index in [9.17, 15) is 8.78 Å². The highest BCUT2D eigenvalue weighted by Gasteiger charge is 2.26. The Morgan fingerprint density at radius 3 is 1.69 bits per heavy atom. The van der Waals surface area contributed by atoms with Gasteiger partial charge < -0.3 is 0 Å². The molecule has 0 aliphatic carbocycles. The fourth-order valence-electron chi connectivity index (χ4n) is 4.01. The first-order chi connectivity index (χ1) is 14.7. The van der Waals surface area contributed by atoms with Crippen LogP contribution in [-0.2, 0) is 0 Å². The molecular weight excluding hydrogens is 449 g/mol. The lowest BCUT2D eigenvalue weighted by Crippen LogP contribution is -2.47. The normalized spacial score (nSPS) is 14.8. The molecule has 170 valence electrons. The summed E-state index contributed by atoms with van der Waals surface area (Å²) < 4.78 is 26.9. The van der Waals surface area contributed by atoms with Gasteiger partial charge in [0.15, 0.2) is 0 Å². The molecule has 3 aromatic carbocycles. The number of halogens is 4. The molecule has 6 heteroatoms. The van der Waals surface area contributed by atoms with Gasteiger partial charge in [-0.3, -0.25) is 9.80 Å². The second kappa shape index (κ2) is 12.7. The molecule has 0 aromatic heterocycles. The third-order valence-corrected chi connectivity index (χ3v) is 5.62. The van der Waals surface area contributed by atoms with E-state index in [0.29, 0.717) is 0 Å². The van der Waals surface area contributed by atoms with Crippen LogP contribution in [-0.4, -0.2) is 42.5 Å². The molecule has 0 atom stereocenters. The van der Waals surface area contributed by atoms with E-state index in [1.165, 1.54) is 29.8 Å². The van der Waals surface area contributed by atoms with Gasteiger partial charge in [-0.15, -0.1) is 24.8 Å². The lowest BCUT2D eigenvalue weighted by molar-refractivity contribution is 0.118. The SMILES string of the molecule is Cl.Cl.Fc1ccc(C(c2ccc(F)cc2)N2CCN(C/C=C\c3ccccc3)CC2)cc1. The topological polar surface area (TPSA) is 6.48 Å². The molecule has 2 nitrogen and oxygen atoms in total. The molecule has 0 bridgehead atoms. The van der Waals surface area contributed by atoms with Gasteiger partial charge in [0.2, 0.25) is 0 Å². The summed E-state index contributed by atoms with van der Waals surface area (Å²) >= 11 is 0. The van der Waals surface area contributed by atoms with Crippen LogP contribution in [0, 0.1) is 11.6 Å². The zero-order valence-electron chi connectivity index (χ0n) is 17.7. The molecule has 1 fully saturated rings. The summed E-state index contributed by atoms with van der Waals surface area (Å²) in [6.07, 6.45) is 4.37. The summed E-state index contributed by atoms with van der Waals surface area (Å²) in [5, 5.41) is 0. The molecule has 0 spiro atoms. The van der Waals surface area contributed by atoms with Gasteiger partial charge in [0.25, 0.3) is 0 Å². The van der Waals surface area contributed by atoms with E-state index in [2.05, 4.69) is 34.1 Å². The second-order valence-corrected chi connectivity index (χ2v) is 7.66. The first-order valence-electron chi connectivity index (χ1n) is 10.4. The number of benzene rings is 3. The van der Waals surface area contributed by atoms with Crippen LogP contribution in [0.4, 0.5) is 8.78 Å². The molecule has 1 aliphatic heterocycles. The Bertz CT molecular complexity index is 910. The van der Waals surface area contributed by atoms with Crippen molar-refractivity contribution in [1.29, 1.82) is 0 Å². The van der Waals surface area contributed by atoms with E-state index in [0.717, 1.165) is 43.9 Å². The summed E-state index contributed by atoms with van der Waals surface area (Å²) in [6.45, 7) is 4.63. The van der Waals surface area contributed by atoms with Crippen LogP contribution < -0.4 is 0 Å². The Kier molecular flexibility index (Phi) is 10.3. The van der Waals surface area contributed by atoms with Crippen molar-refractivity contribution in [3.63, 3.8) is 0 Å². The summed E-state index contributed by atoms with van der Waals surface area (Å²) in [5.74, 6) is -0.488. The maximum atomic E-state index is 13.5. The third kappa shape index (κ3) is 6.88. The molecular formula is C26H28Cl2F2N2. The Morgan fingerprint density at radius 1 is 0.688 bits per heavy atom. The highest BCUT2D eigenvalue weighted by molar-refractivity contribution is 5.85. The van der Waals surface area contributed by atoms with Gasteiger partial charge in [-0.2, -0.15) is 0 Å². The number of piperazine rings is 1. The van der Waals surface area contributed by atoms with Gasteiger partial charge in [-0.1, -0.05) is 66.7 Å². The average molecular weight is 477 g/mol. The lowest BCUT2D eigenvalue weighted by atomic mass is 9.96. The minimum atomic E-state index is -0.244. The standard InChI is InChI=1S/C26H26F2N2.2ClH/c27-24-12-8-22(9-13-24)26(23-10-14-25(28)15-11-23)30-19-17-29(18-20-30)16-4-7-21-5-2-1-3-6-21;;/h1-15,26H,16-20H2;2*1H/b7-4-;;. The van der Waals surface area contributed by atoms with Gasteiger partial charge in [0.05, 0.1) is 6.04 Å². The van der Waals surface area contributed by atoms with Crippen molar-refractivity contribution in [3.8, 4) is 0 Å². The Hall–Kier alpha value is -2.24. The van der Waals surface area contributed by atoms with Crippen LogP contribution >= 0.6 is 24.8 Å². The molecule has 0 N–H and O–H groups in total. The first kappa shape index (κ1) is 26.0. The monoisotopic (exact) mass is 476 g/mol. The molecule has 0 radical (unpaired) electrons. The summed E-state index contributed by atoms with van der Waals surface area (Å²) in [4.78, 5) is 4.83. The average Bonchev–Trinajstić information content (AvgIpc) is 2.78. The fourth-order valence-corrected chi connectivity index (χ4v) is 4.01. The zero-order chi connectivity index (χ0) is 20.8. The van der Waals surface area contributed by atoms with E-state index in [1.54, 1.807) is 0 Å². The quantitative estimate of drug-likeness (QED) is 0.416. The molecule has 1 aliphatic rings. The van der Waals surface area contributed by atoms with Crippen LogP contribution in [0.2, 0.25) is 0 Å². The number of hydrogen-bond acceptors (Lipinski definition) is 2. The number of nitrogens with zero attached hydrogens (tertiary/aromatic N) is 2. The smallest absolute Gasteiger partial charge is 0.123 e. The lowest BCUT2D eigenvalue weighted by Gasteiger charge is -2.39. The first-order valence-corrected chi connectivity index (χ1v) is 10.4. The predicted octanol–water partition coefficient (Wildman–Crippen LogP) is 6.23. The molecule has 0 amide bonds. The number of rotatable bonds is 6. The highest BCUT2D eigenvalue weighted by Crippen LogP contribution is 2.30. The maximum Gasteiger partial charge on any atom is 0.123 e. The fraction of sp³-hybridized carbons (Fsp3) is 0.231. The Morgan fingerprint density at radius 2 is 1.19 bits per heavy atom. The van der Waals surface area contributed by atoms with Gasteiger partial charge >= 0.3 is 0 Å². The summed E-state index contributed by atoms with van der Waals surface area (Å²) in [6, 6.07) is 23.6. The van der Waals surface area contributed by atoms with Crippen molar-refractivity contribution in [2.24, 2.45) is 0 Å². The minimum absolute atomic E-state index is 0. The van der Waals surface area contributed by atoms with Crippen LogP contribution in [0.15, 0.2) is 84.9 Å². The van der Waals surface area contributed by atoms with Crippen LogP contribution in [0.3, 0.4) is 0 Å². The van der Waals surface area contributed by atoms with E-state index < -0.39 is 0 Å². The van der Waals surface area contributed by atoms with Gasteiger partial charge in [0, 0.05) is 32.7 Å². The molecule has 3 aromatic rings. The maximum absolute atomic E-state index is 13.5. The van der Waals surface area contributed by atoms with Crippen LogP contribution in [0.1, 0.15) is 22.7 Å². The molecule has 32 heavy (non-hydrogen) atoms. The Balaban J connectivity index is 0.00000181. The molecule has 1 saturated heterocycles. The second-order valence-electron chi connectivity index (χ2n) is 7.66. The largest absolute Gasteiger partial charge is 0.297 e. The summed E-state index contributed by atoms with van der Waals surface area (Å²) in [5.41, 5.74) is 3.27. The van der Waals surface area contributed by atoms with Gasteiger partial charge in [-0.05, 0) is 41.0 Å². The molecule has 1 heterocycles. The number of hydrogen-bond donors (Lipinski definition) is 0. The highest BCUT2D eigenvalue weighted by atomic mass is 35.5. The summed E-state index contributed by atoms with van der Waals surface area (Å²) in [7, 11) is 0. The van der Waals surface area contributed by atoms with Crippen LogP contribution in [0.25, 0.3) is 6.08 Å². The van der Waals surface area contributed by atoms with Gasteiger partial charge in [-0.25, -0.2) is 8.78 Å². The van der Waals surface area contributed by atoms with Crippen molar-refractivity contribution in [3.05, 3.63) is 113 Å². The van der Waals surface area contributed by atoms with E-state index >= 15 is 0 Å². The minimum Gasteiger partial charge on any atom is -0.297 e. The zero-order valence-corrected chi connectivity index (χ0v) is 19.4. The van der Waals surface area contributed by atoms with E-state index in [-0.39, 0.29) is 42.5 Å². The van der Waals surface area contributed by atoms with Crippen molar-refractivity contribution < 1.29 is 8.78 Å². The van der Waals surface area contributed by atoms with Crippen molar-refractivity contribution >= 4 is 30.9 Å². The van der Waals surface area contributed by atoms with Gasteiger partial charge in [0.1, 0.15) is 11.6 Å². The molecule has 0 unspecified atom stereocenters. The Labute approximate surface area is 201 Å².